The van der Waals surface area contributed by atoms with Crippen LogP contribution in [0.2, 0.25) is 0 Å². The second-order valence-electron chi connectivity index (χ2n) is 24.2. The van der Waals surface area contributed by atoms with Crippen molar-refractivity contribution in [3.8, 4) is 0 Å². The van der Waals surface area contributed by atoms with E-state index in [4.69, 9.17) is 28.4 Å². The van der Waals surface area contributed by atoms with Crippen molar-refractivity contribution in [2.24, 2.45) is 0 Å². The number of amides is 1. The van der Waals surface area contributed by atoms with Gasteiger partial charge in [-0.05, 0) is 103 Å². The summed E-state index contributed by atoms with van der Waals surface area (Å²) in [4.78, 5) is 13.4. The van der Waals surface area contributed by atoms with Gasteiger partial charge in [-0.2, -0.15) is 0 Å². The molecule has 0 aliphatic carbocycles. The zero-order valence-corrected chi connectivity index (χ0v) is 55.9. The van der Waals surface area contributed by atoms with Crippen LogP contribution in [0.1, 0.15) is 194 Å². The molecule has 0 radical (unpaired) electrons. The number of nitrogens with one attached hydrogen (secondary N) is 1. The molecule has 0 bridgehead atoms. The highest BCUT2D eigenvalue weighted by atomic mass is 16.8. The quantitative estimate of drug-likeness (QED) is 0.0199. The van der Waals surface area contributed by atoms with Crippen molar-refractivity contribution in [3.05, 3.63) is 134 Å². The van der Waals surface area contributed by atoms with Gasteiger partial charge in [0.05, 0.1) is 38.6 Å². The molecule has 3 heterocycles. The zero-order valence-electron chi connectivity index (χ0n) is 55.9. The fourth-order valence-electron chi connectivity index (χ4n) is 10.8. The molecule has 19 nitrogen and oxygen atoms in total. The smallest absolute Gasteiger partial charge is 0.220 e. The summed E-state index contributed by atoms with van der Waals surface area (Å²) in [5.41, 5.74) is 0. The van der Waals surface area contributed by atoms with Gasteiger partial charge in [0.25, 0.3) is 0 Å². The number of carbonyl (C=O) groups excluding carboxylic acids is 1. The first-order valence-corrected chi connectivity index (χ1v) is 34.9. The molecular formula is C74H121NO18. The fourth-order valence-corrected chi connectivity index (χ4v) is 10.8. The minimum Gasteiger partial charge on any atom is -0.394 e. The van der Waals surface area contributed by atoms with E-state index in [1.54, 1.807) is 6.08 Å². The normalized spacial score (nSPS) is 28.4. The Kier molecular flexibility index (Phi) is 48.3. The second-order valence-corrected chi connectivity index (χ2v) is 24.2. The Morgan fingerprint density at radius 1 is 0.398 bits per heavy atom. The van der Waals surface area contributed by atoms with Gasteiger partial charge in [0.1, 0.15) is 73.2 Å². The van der Waals surface area contributed by atoms with Gasteiger partial charge in [0.2, 0.25) is 5.91 Å². The molecule has 0 saturated carbocycles. The number of unbranched alkanes of at least 4 members (excludes halogenated alkanes) is 15. The van der Waals surface area contributed by atoms with Crippen LogP contribution in [-0.2, 0) is 33.2 Å². The van der Waals surface area contributed by atoms with E-state index in [1.165, 1.54) is 44.9 Å². The van der Waals surface area contributed by atoms with Crippen LogP contribution in [-0.4, -0.2) is 193 Å². The topological polar surface area (TPSA) is 307 Å². The number of ether oxygens (including phenoxy) is 6. The standard InChI is InChI=1S/C74H121NO18/c1-3-5-7-9-11-13-15-16-17-18-19-20-21-22-23-24-25-26-27-28-29-30-31-32-33-34-35-36-37-38-39-40-42-44-46-48-50-52-62(80)75-57(58(79)51-49-47-45-43-41-14-12-10-8-6-4-2)56-88-72-68(86)65(83)70(60(54-77)90-72)93-74-69(87)66(84)71(61(55-78)91-74)92-73-67(85)64(82)63(81)59(53-76)89-73/h5,7-8,10-11,13,16-17,19-20,22-23,25-26,28-29,31-32,41,43,49,51,57-61,63-74,76-79,81-87H,3-4,6,9,12,14-15,18,21,24,27,30,33-40,42,44-48,50,52-56H2,1-2H3,(H,75,80)/b7-5-,10-8+,13-11-,17-16-,20-19-,23-22-,26-25-,29-28-,32-31-,43-41+,51-49+. The minimum absolute atomic E-state index is 0.221. The summed E-state index contributed by atoms with van der Waals surface area (Å²) in [6.07, 6.45) is 48.9. The number of aliphatic hydroxyl groups is 11. The highest BCUT2D eigenvalue weighted by Crippen LogP contribution is 2.33. The lowest BCUT2D eigenvalue weighted by molar-refractivity contribution is -0.379. The van der Waals surface area contributed by atoms with E-state index >= 15 is 0 Å². The lowest BCUT2D eigenvalue weighted by Crippen LogP contribution is -2.66. The largest absolute Gasteiger partial charge is 0.394 e. The van der Waals surface area contributed by atoms with Gasteiger partial charge in [-0.15, -0.1) is 0 Å². The molecule has 3 aliphatic rings. The van der Waals surface area contributed by atoms with Gasteiger partial charge in [-0.25, -0.2) is 0 Å². The van der Waals surface area contributed by atoms with E-state index in [-0.39, 0.29) is 18.9 Å². The molecule has 17 unspecified atom stereocenters. The van der Waals surface area contributed by atoms with Crippen molar-refractivity contribution in [2.45, 2.75) is 298 Å². The number of allylic oxidation sites excluding steroid dienone is 21. The van der Waals surface area contributed by atoms with E-state index in [2.05, 4.69) is 141 Å². The first-order chi connectivity index (χ1) is 45.3. The molecule has 3 fully saturated rings. The van der Waals surface area contributed by atoms with Gasteiger partial charge in [0, 0.05) is 6.42 Å². The predicted octanol–water partition coefficient (Wildman–Crippen LogP) is 9.38. The van der Waals surface area contributed by atoms with E-state index in [9.17, 15) is 61.0 Å². The third kappa shape index (κ3) is 35.7. The number of carbonyl (C=O) groups is 1. The van der Waals surface area contributed by atoms with E-state index in [0.717, 1.165) is 116 Å². The van der Waals surface area contributed by atoms with Crippen molar-refractivity contribution in [1.29, 1.82) is 0 Å². The van der Waals surface area contributed by atoms with Crippen molar-refractivity contribution >= 4 is 5.91 Å². The van der Waals surface area contributed by atoms with E-state index in [0.29, 0.717) is 12.8 Å². The third-order valence-electron chi connectivity index (χ3n) is 16.4. The van der Waals surface area contributed by atoms with Crippen LogP contribution in [0.25, 0.3) is 0 Å². The molecule has 1 amide bonds. The Bertz CT molecular complexity index is 2210. The molecule has 19 heteroatoms. The van der Waals surface area contributed by atoms with E-state index < -0.39 is 124 Å². The van der Waals surface area contributed by atoms with Crippen molar-refractivity contribution in [2.75, 3.05) is 26.4 Å². The maximum atomic E-state index is 13.4. The molecule has 530 valence electrons. The molecule has 93 heavy (non-hydrogen) atoms. The maximum absolute atomic E-state index is 13.4. The number of hydrogen-bond donors (Lipinski definition) is 12. The summed E-state index contributed by atoms with van der Waals surface area (Å²) in [6, 6.07) is -1.00. The highest BCUT2D eigenvalue weighted by molar-refractivity contribution is 5.76. The highest BCUT2D eigenvalue weighted by Gasteiger charge is 2.53. The van der Waals surface area contributed by atoms with Gasteiger partial charge in [-0.1, -0.05) is 218 Å². The molecule has 0 aromatic rings. The molecule has 3 rings (SSSR count). The van der Waals surface area contributed by atoms with Crippen LogP contribution in [0.5, 0.6) is 0 Å². The number of rotatable bonds is 51. The Morgan fingerprint density at radius 2 is 0.753 bits per heavy atom. The van der Waals surface area contributed by atoms with Gasteiger partial charge in [0.15, 0.2) is 18.9 Å². The lowest BCUT2D eigenvalue weighted by Gasteiger charge is -2.48. The van der Waals surface area contributed by atoms with Crippen molar-refractivity contribution < 1.29 is 89.4 Å². The molecule has 0 aromatic carbocycles. The molecule has 12 N–H and O–H groups in total. The average Bonchev–Trinajstić information content (AvgIpc) is 0.805. The summed E-state index contributed by atoms with van der Waals surface area (Å²) < 4.78 is 34.2. The van der Waals surface area contributed by atoms with Gasteiger partial charge < -0.3 is 89.9 Å². The Balaban J connectivity index is 1.34. The average molecular weight is 1310 g/mol. The second kappa shape index (κ2) is 54.0. The Hall–Kier alpha value is -4.07. The summed E-state index contributed by atoms with van der Waals surface area (Å²) in [7, 11) is 0. The molecule has 0 aromatic heterocycles. The predicted molar refractivity (Wildman–Crippen MR) is 364 cm³/mol. The molecule has 17 atom stereocenters. The SMILES string of the molecule is CC/C=C\C/C=C\C/C=C\C/C=C\C/C=C\C/C=C\C/C=C\C/C=C\CCCCCCCCCCCCCCC(=O)NC(COC1OC(CO)C(OC2OC(CO)C(OC3OC(CO)C(O)C(O)C3O)C(O)C2O)C(O)C1O)C(O)/C=C/CC/C=C/CC/C=C/CCC. The molecule has 3 aliphatic heterocycles. The minimum atomic E-state index is -1.99. The van der Waals surface area contributed by atoms with Crippen molar-refractivity contribution in [1.82, 2.24) is 5.32 Å². The molecule has 3 saturated heterocycles. The van der Waals surface area contributed by atoms with E-state index in [1.807, 2.05) is 6.08 Å². The monoisotopic (exact) mass is 1310 g/mol. The lowest BCUT2D eigenvalue weighted by atomic mass is 9.96. The zero-order chi connectivity index (χ0) is 67.5. The van der Waals surface area contributed by atoms with Gasteiger partial charge >= 0.3 is 0 Å². The first-order valence-electron chi connectivity index (χ1n) is 34.9. The van der Waals surface area contributed by atoms with Crippen LogP contribution in [0.3, 0.4) is 0 Å². The Labute approximate surface area is 556 Å². The van der Waals surface area contributed by atoms with Crippen LogP contribution in [0.4, 0.5) is 0 Å². The van der Waals surface area contributed by atoms with Crippen LogP contribution in [0.15, 0.2) is 134 Å². The molecule has 0 spiro atoms. The third-order valence-corrected chi connectivity index (χ3v) is 16.4. The van der Waals surface area contributed by atoms with Crippen LogP contribution < -0.4 is 5.32 Å². The van der Waals surface area contributed by atoms with Crippen LogP contribution >= 0.6 is 0 Å². The van der Waals surface area contributed by atoms with Gasteiger partial charge in [-0.3, -0.25) is 4.79 Å². The Morgan fingerprint density at radius 3 is 1.19 bits per heavy atom. The first kappa shape index (κ1) is 83.2. The number of aliphatic hydroxyl groups excluding tert-OH is 11. The summed E-state index contributed by atoms with van der Waals surface area (Å²) in [5, 5.41) is 120. The molecular weight excluding hydrogens is 1190 g/mol. The fraction of sp³-hybridized carbons (Fsp3) is 0.689. The van der Waals surface area contributed by atoms with Crippen molar-refractivity contribution in [3.63, 3.8) is 0 Å². The maximum Gasteiger partial charge on any atom is 0.220 e. The summed E-state index contributed by atoms with van der Waals surface area (Å²) >= 11 is 0. The number of hydrogen-bond acceptors (Lipinski definition) is 18. The summed E-state index contributed by atoms with van der Waals surface area (Å²) in [6.45, 7) is 1.47. The summed E-state index contributed by atoms with van der Waals surface area (Å²) in [5.74, 6) is -0.300. The van der Waals surface area contributed by atoms with Crippen LogP contribution in [0, 0.1) is 0 Å².